The van der Waals surface area contributed by atoms with E-state index in [0.29, 0.717) is 11.5 Å². The molecule has 0 spiro atoms. The van der Waals surface area contributed by atoms with Crippen molar-refractivity contribution in [3.63, 3.8) is 0 Å². The molecule has 3 unspecified atom stereocenters. The second kappa shape index (κ2) is 14.6. The van der Waals surface area contributed by atoms with Crippen LogP contribution in [-0.2, 0) is 14.1 Å². The standard InChI is InChI=1S/C28H45O6P/c1-9-11-13-21(10-2)19-34-26(30)28(35-31,17-20(3)16-27(4,5)6)18-22(29)25-23(32-7)14-12-15-24(25)33-8/h12,14-15,20-21H,9-11,13,16-19H2,1-8H3. The third-order valence-corrected chi connectivity index (χ3v) is 7.23. The van der Waals surface area contributed by atoms with Gasteiger partial charge in [0.15, 0.2) is 19.4 Å². The molecule has 7 heteroatoms. The highest BCUT2D eigenvalue weighted by Crippen LogP contribution is 2.42. The zero-order chi connectivity index (χ0) is 26.6. The molecule has 1 aromatic rings. The lowest BCUT2D eigenvalue weighted by atomic mass is 9.80. The molecule has 35 heavy (non-hydrogen) atoms. The molecule has 0 bridgehead atoms. The average Bonchev–Trinajstić information content (AvgIpc) is 2.81. The molecule has 6 nitrogen and oxygen atoms in total. The Labute approximate surface area is 213 Å². The Morgan fingerprint density at radius 2 is 1.63 bits per heavy atom. The van der Waals surface area contributed by atoms with Gasteiger partial charge in [0.1, 0.15) is 17.1 Å². The van der Waals surface area contributed by atoms with Crippen LogP contribution < -0.4 is 9.47 Å². The lowest BCUT2D eigenvalue weighted by Crippen LogP contribution is -2.40. The van der Waals surface area contributed by atoms with Gasteiger partial charge in [-0.05, 0) is 48.6 Å². The Bertz CT molecular complexity index is 809. The summed E-state index contributed by atoms with van der Waals surface area (Å²) in [4.78, 5) is 27.1. The third-order valence-electron chi connectivity index (χ3n) is 6.35. The Balaban J connectivity index is 3.31. The van der Waals surface area contributed by atoms with E-state index >= 15 is 0 Å². The van der Waals surface area contributed by atoms with Gasteiger partial charge in [-0.1, -0.05) is 66.9 Å². The van der Waals surface area contributed by atoms with Crippen LogP contribution in [0, 0.1) is 17.3 Å². The van der Waals surface area contributed by atoms with E-state index in [9.17, 15) is 14.2 Å². The van der Waals surface area contributed by atoms with E-state index < -0.39 is 19.6 Å². The zero-order valence-electron chi connectivity index (χ0n) is 22.9. The minimum absolute atomic E-state index is 0.0260. The maximum atomic E-state index is 13.6. The quantitative estimate of drug-likeness (QED) is 0.130. The molecule has 3 atom stereocenters. The minimum Gasteiger partial charge on any atom is -0.496 e. The molecule has 1 rings (SSSR count). The van der Waals surface area contributed by atoms with Gasteiger partial charge in [0.05, 0.1) is 20.8 Å². The smallest absolute Gasteiger partial charge is 0.324 e. The van der Waals surface area contributed by atoms with E-state index in [1.807, 2.05) is 6.92 Å². The molecule has 0 radical (unpaired) electrons. The predicted molar refractivity (Wildman–Crippen MR) is 141 cm³/mol. The van der Waals surface area contributed by atoms with E-state index in [1.165, 1.54) is 14.2 Å². The van der Waals surface area contributed by atoms with Gasteiger partial charge in [-0.25, -0.2) is 0 Å². The van der Waals surface area contributed by atoms with Gasteiger partial charge in [0.25, 0.3) is 0 Å². The zero-order valence-corrected chi connectivity index (χ0v) is 23.8. The highest BCUT2D eigenvalue weighted by Gasteiger charge is 2.46. The van der Waals surface area contributed by atoms with E-state index in [2.05, 4.69) is 34.6 Å². The van der Waals surface area contributed by atoms with Crippen molar-refractivity contribution in [2.24, 2.45) is 17.3 Å². The normalized spacial score (nSPS) is 15.2. The van der Waals surface area contributed by atoms with Crippen LogP contribution in [0.5, 0.6) is 11.5 Å². The second-order valence-electron chi connectivity index (χ2n) is 10.8. The molecule has 0 saturated carbocycles. The number of ether oxygens (including phenoxy) is 3. The molecule has 0 saturated heterocycles. The second-order valence-corrected chi connectivity index (χ2v) is 11.9. The van der Waals surface area contributed by atoms with Gasteiger partial charge in [0, 0.05) is 6.42 Å². The summed E-state index contributed by atoms with van der Waals surface area (Å²) >= 11 is 0. The van der Waals surface area contributed by atoms with Gasteiger partial charge in [0.2, 0.25) is 0 Å². The topological polar surface area (TPSA) is 78.9 Å². The Morgan fingerprint density at radius 1 is 1.03 bits per heavy atom. The number of esters is 1. The highest BCUT2D eigenvalue weighted by atomic mass is 31.1. The molecule has 0 N–H and O–H groups in total. The van der Waals surface area contributed by atoms with E-state index in [-0.39, 0.29) is 48.0 Å². The SMILES string of the molecule is CCCCC(CC)COC(=O)C(CC(=O)c1c(OC)cccc1OC)(CC(C)CC(C)(C)C)P=O. The Hall–Kier alpha value is -1.94. The lowest BCUT2D eigenvalue weighted by molar-refractivity contribution is -0.149. The van der Waals surface area contributed by atoms with Crippen LogP contribution in [0.3, 0.4) is 0 Å². The maximum absolute atomic E-state index is 13.6. The van der Waals surface area contributed by atoms with Crippen molar-refractivity contribution in [2.75, 3.05) is 20.8 Å². The first-order chi connectivity index (χ1) is 16.5. The van der Waals surface area contributed by atoms with Crippen molar-refractivity contribution in [3.05, 3.63) is 23.8 Å². The van der Waals surface area contributed by atoms with Gasteiger partial charge < -0.3 is 14.2 Å². The first-order valence-corrected chi connectivity index (χ1v) is 13.5. The number of benzene rings is 1. The molecule has 1 aromatic carbocycles. The lowest BCUT2D eigenvalue weighted by Gasteiger charge is -2.31. The number of carbonyl (C=O) groups is 2. The fourth-order valence-corrected chi connectivity index (χ4v) is 5.47. The largest absolute Gasteiger partial charge is 0.496 e. The van der Waals surface area contributed by atoms with Crippen LogP contribution in [0.1, 0.15) is 96.8 Å². The number of carbonyl (C=O) groups excluding carboxylic acids is 2. The van der Waals surface area contributed by atoms with E-state index in [1.54, 1.807) is 18.2 Å². The number of methoxy groups -OCH3 is 2. The molecule has 0 heterocycles. The number of hydrogen-bond acceptors (Lipinski definition) is 6. The number of hydrogen-bond donors (Lipinski definition) is 0. The average molecular weight is 509 g/mol. The number of rotatable bonds is 16. The van der Waals surface area contributed by atoms with Crippen molar-refractivity contribution >= 4 is 20.2 Å². The highest BCUT2D eigenvalue weighted by molar-refractivity contribution is 7.28. The van der Waals surface area contributed by atoms with Gasteiger partial charge in [-0.3, -0.25) is 14.2 Å². The van der Waals surface area contributed by atoms with Gasteiger partial charge >= 0.3 is 5.97 Å². The molecule has 0 fully saturated rings. The van der Waals surface area contributed by atoms with Crippen molar-refractivity contribution in [1.82, 2.24) is 0 Å². The Kier molecular flexibility index (Phi) is 13.0. The fraction of sp³-hybridized carbons (Fsp3) is 0.714. The summed E-state index contributed by atoms with van der Waals surface area (Å²) < 4.78 is 29.3. The summed E-state index contributed by atoms with van der Waals surface area (Å²) in [6.07, 6.45) is 4.85. The van der Waals surface area contributed by atoms with Crippen LogP contribution in [0.25, 0.3) is 0 Å². The van der Waals surface area contributed by atoms with Crippen molar-refractivity contribution in [3.8, 4) is 11.5 Å². The van der Waals surface area contributed by atoms with Crippen LogP contribution >= 0.6 is 8.46 Å². The van der Waals surface area contributed by atoms with Crippen molar-refractivity contribution < 1.29 is 28.4 Å². The number of Topliss-reactive ketones (excluding diaryl/α,β-unsaturated/α-hetero) is 1. The summed E-state index contributed by atoms with van der Waals surface area (Å²) in [5.74, 6) is 0.0723. The van der Waals surface area contributed by atoms with E-state index in [0.717, 1.165) is 32.1 Å². The van der Waals surface area contributed by atoms with Crippen molar-refractivity contribution in [1.29, 1.82) is 0 Å². The number of ketones is 1. The summed E-state index contributed by atoms with van der Waals surface area (Å²) in [5, 5.41) is -1.48. The molecule has 0 aliphatic heterocycles. The van der Waals surface area contributed by atoms with E-state index in [4.69, 9.17) is 14.2 Å². The molecular formula is C28H45O6P. The monoisotopic (exact) mass is 508 g/mol. The summed E-state index contributed by atoms with van der Waals surface area (Å²) in [5.41, 5.74) is 0.272. The minimum atomic E-state index is -1.48. The molecule has 0 aliphatic carbocycles. The van der Waals surface area contributed by atoms with Gasteiger partial charge in [-0.2, -0.15) is 0 Å². The molecular weight excluding hydrogens is 463 g/mol. The fourth-order valence-electron chi connectivity index (χ4n) is 4.73. The first-order valence-electron chi connectivity index (χ1n) is 12.7. The summed E-state index contributed by atoms with van der Waals surface area (Å²) in [6.45, 7) is 12.9. The van der Waals surface area contributed by atoms with Crippen molar-refractivity contribution in [2.45, 2.75) is 91.6 Å². The molecule has 198 valence electrons. The third kappa shape index (κ3) is 9.56. The van der Waals surface area contributed by atoms with Crippen LogP contribution in [0.4, 0.5) is 0 Å². The summed E-state index contributed by atoms with van der Waals surface area (Å²) in [7, 11) is 2.54. The molecule has 0 aromatic heterocycles. The van der Waals surface area contributed by atoms with Crippen LogP contribution in [0.2, 0.25) is 0 Å². The van der Waals surface area contributed by atoms with Crippen LogP contribution in [0.15, 0.2) is 18.2 Å². The number of unbranched alkanes of at least 4 members (excludes halogenated alkanes) is 1. The maximum Gasteiger partial charge on any atom is 0.324 e. The first kappa shape index (κ1) is 31.1. The Morgan fingerprint density at radius 3 is 2.09 bits per heavy atom. The molecule has 0 amide bonds. The van der Waals surface area contributed by atoms with Gasteiger partial charge in [-0.15, -0.1) is 0 Å². The molecule has 0 aliphatic rings. The summed E-state index contributed by atoms with van der Waals surface area (Å²) in [6, 6.07) is 5.08. The van der Waals surface area contributed by atoms with Crippen LogP contribution in [-0.4, -0.2) is 37.7 Å². The predicted octanol–water partition coefficient (Wildman–Crippen LogP) is 7.53.